The van der Waals surface area contributed by atoms with Gasteiger partial charge in [-0.1, -0.05) is 42.5 Å². The molecule has 0 aliphatic carbocycles. The van der Waals surface area contributed by atoms with Crippen molar-refractivity contribution in [1.29, 1.82) is 0 Å². The minimum Gasteiger partial charge on any atom is -0.496 e. The Labute approximate surface area is 139 Å². The molecule has 2 N–H and O–H groups in total. The van der Waals surface area contributed by atoms with E-state index in [9.17, 15) is 0 Å². The second-order valence-corrected chi connectivity index (χ2v) is 6.64. The van der Waals surface area contributed by atoms with Crippen LogP contribution in [0.2, 0.25) is 0 Å². The lowest BCUT2D eigenvalue weighted by Crippen LogP contribution is -2.28. The zero-order valence-electron chi connectivity index (χ0n) is 14.3. The van der Waals surface area contributed by atoms with Crippen LogP contribution in [0.3, 0.4) is 0 Å². The van der Waals surface area contributed by atoms with Gasteiger partial charge in [0.05, 0.1) is 7.11 Å². The average molecular weight is 310 g/mol. The second kappa shape index (κ2) is 6.73. The lowest BCUT2D eigenvalue weighted by Gasteiger charge is -2.18. The highest BCUT2D eigenvalue weighted by molar-refractivity contribution is 5.43. The van der Waals surface area contributed by atoms with Crippen LogP contribution in [-0.4, -0.2) is 31.1 Å². The SMILES string of the molecule is COc1c(C)cc(CN2C[C@@H](N)[C@H](c3ccccc3)C2)cc1C. The molecule has 122 valence electrons. The number of aryl methyl sites for hydroxylation is 2. The summed E-state index contributed by atoms with van der Waals surface area (Å²) in [5.41, 5.74) is 11.5. The Kier molecular flexibility index (Phi) is 4.69. The Hall–Kier alpha value is -1.84. The molecular formula is C20H26N2O. The van der Waals surface area contributed by atoms with Crippen LogP contribution in [0.5, 0.6) is 5.75 Å². The standard InChI is InChI=1S/C20H26N2O/c1-14-9-16(10-15(2)20(14)23-3)11-22-12-18(19(21)13-22)17-7-5-4-6-8-17/h4-10,18-19H,11-13,21H2,1-3H3/t18-,19+/m0/s1. The lowest BCUT2D eigenvalue weighted by molar-refractivity contribution is 0.323. The highest BCUT2D eigenvalue weighted by Crippen LogP contribution is 2.29. The van der Waals surface area contributed by atoms with Crippen molar-refractivity contribution in [2.24, 2.45) is 5.73 Å². The van der Waals surface area contributed by atoms with E-state index in [0.717, 1.165) is 25.4 Å². The van der Waals surface area contributed by atoms with E-state index in [2.05, 4.69) is 61.2 Å². The van der Waals surface area contributed by atoms with Crippen LogP contribution in [0.1, 0.15) is 28.2 Å². The molecule has 2 aromatic rings. The Morgan fingerprint density at radius 1 is 1.09 bits per heavy atom. The molecule has 0 radical (unpaired) electrons. The largest absolute Gasteiger partial charge is 0.496 e. The molecule has 0 saturated carbocycles. The third-order valence-electron chi connectivity index (χ3n) is 4.80. The summed E-state index contributed by atoms with van der Waals surface area (Å²) in [6, 6.07) is 15.3. The van der Waals surface area contributed by atoms with Gasteiger partial charge in [-0.25, -0.2) is 0 Å². The van der Waals surface area contributed by atoms with Crippen LogP contribution >= 0.6 is 0 Å². The van der Waals surface area contributed by atoms with E-state index < -0.39 is 0 Å². The number of hydrogen-bond donors (Lipinski definition) is 1. The fourth-order valence-corrected chi connectivity index (χ4v) is 3.81. The van der Waals surface area contributed by atoms with Gasteiger partial charge in [-0.2, -0.15) is 0 Å². The van der Waals surface area contributed by atoms with Crippen molar-refractivity contribution in [1.82, 2.24) is 4.90 Å². The van der Waals surface area contributed by atoms with Gasteiger partial charge in [0.25, 0.3) is 0 Å². The van der Waals surface area contributed by atoms with Crippen molar-refractivity contribution in [3.05, 3.63) is 64.7 Å². The molecule has 3 nitrogen and oxygen atoms in total. The monoisotopic (exact) mass is 310 g/mol. The maximum absolute atomic E-state index is 6.40. The smallest absolute Gasteiger partial charge is 0.124 e. The van der Waals surface area contributed by atoms with E-state index in [0.29, 0.717) is 5.92 Å². The number of nitrogens with zero attached hydrogens (tertiary/aromatic N) is 1. The van der Waals surface area contributed by atoms with Gasteiger partial charge in [0, 0.05) is 31.6 Å². The first-order chi connectivity index (χ1) is 11.1. The zero-order valence-corrected chi connectivity index (χ0v) is 14.3. The topological polar surface area (TPSA) is 38.5 Å². The van der Waals surface area contributed by atoms with Gasteiger partial charge in [-0.05, 0) is 36.1 Å². The predicted octanol–water partition coefficient (Wildman–Crippen LogP) is 3.24. The van der Waals surface area contributed by atoms with Crippen molar-refractivity contribution in [3.8, 4) is 5.75 Å². The minimum absolute atomic E-state index is 0.206. The van der Waals surface area contributed by atoms with Gasteiger partial charge in [-0.15, -0.1) is 0 Å². The van der Waals surface area contributed by atoms with Gasteiger partial charge in [0.1, 0.15) is 5.75 Å². The third-order valence-corrected chi connectivity index (χ3v) is 4.80. The Balaban J connectivity index is 1.73. The van der Waals surface area contributed by atoms with Crippen LogP contribution in [-0.2, 0) is 6.54 Å². The fraction of sp³-hybridized carbons (Fsp3) is 0.400. The molecule has 1 aliphatic heterocycles. The van der Waals surface area contributed by atoms with Gasteiger partial charge < -0.3 is 10.5 Å². The predicted molar refractivity (Wildman–Crippen MR) is 94.9 cm³/mol. The molecule has 2 aromatic carbocycles. The number of methoxy groups -OCH3 is 1. The van der Waals surface area contributed by atoms with Crippen molar-refractivity contribution in [2.45, 2.75) is 32.4 Å². The molecule has 0 aromatic heterocycles. The molecule has 3 rings (SSSR count). The Morgan fingerprint density at radius 2 is 1.74 bits per heavy atom. The molecule has 0 spiro atoms. The molecule has 23 heavy (non-hydrogen) atoms. The Bertz CT molecular complexity index is 646. The van der Waals surface area contributed by atoms with Crippen LogP contribution in [0.4, 0.5) is 0 Å². The van der Waals surface area contributed by atoms with Crippen LogP contribution in [0, 0.1) is 13.8 Å². The minimum atomic E-state index is 0.206. The number of nitrogens with two attached hydrogens (primary N) is 1. The molecule has 2 atom stereocenters. The first-order valence-electron chi connectivity index (χ1n) is 8.25. The molecule has 1 fully saturated rings. The van der Waals surface area contributed by atoms with E-state index in [1.165, 1.54) is 22.3 Å². The summed E-state index contributed by atoms with van der Waals surface area (Å²) < 4.78 is 5.46. The summed E-state index contributed by atoms with van der Waals surface area (Å²) in [6.45, 7) is 7.14. The van der Waals surface area contributed by atoms with E-state index in [-0.39, 0.29) is 6.04 Å². The number of hydrogen-bond acceptors (Lipinski definition) is 3. The first kappa shape index (κ1) is 16.0. The summed E-state index contributed by atoms with van der Waals surface area (Å²) in [5.74, 6) is 1.42. The lowest BCUT2D eigenvalue weighted by atomic mass is 9.95. The maximum Gasteiger partial charge on any atom is 0.124 e. The molecule has 1 aliphatic rings. The number of benzene rings is 2. The van der Waals surface area contributed by atoms with Gasteiger partial charge in [0.2, 0.25) is 0 Å². The summed E-state index contributed by atoms with van der Waals surface area (Å²) in [7, 11) is 1.74. The van der Waals surface area contributed by atoms with Crippen LogP contribution < -0.4 is 10.5 Å². The van der Waals surface area contributed by atoms with E-state index >= 15 is 0 Å². The molecule has 1 saturated heterocycles. The van der Waals surface area contributed by atoms with Crippen molar-refractivity contribution < 1.29 is 4.74 Å². The zero-order chi connectivity index (χ0) is 16.4. The fourth-order valence-electron chi connectivity index (χ4n) is 3.81. The molecular weight excluding hydrogens is 284 g/mol. The highest BCUT2D eigenvalue weighted by atomic mass is 16.5. The molecule has 0 unspecified atom stereocenters. The normalized spacial score (nSPS) is 21.6. The molecule has 0 bridgehead atoms. The van der Waals surface area contributed by atoms with E-state index in [4.69, 9.17) is 10.5 Å². The van der Waals surface area contributed by atoms with Crippen LogP contribution in [0.15, 0.2) is 42.5 Å². The summed E-state index contributed by atoms with van der Waals surface area (Å²) in [6.07, 6.45) is 0. The van der Waals surface area contributed by atoms with Crippen molar-refractivity contribution in [2.75, 3.05) is 20.2 Å². The van der Waals surface area contributed by atoms with Gasteiger partial charge >= 0.3 is 0 Å². The van der Waals surface area contributed by atoms with E-state index in [1.807, 2.05) is 0 Å². The third kappa shape index (κ3) is 3.41. The number of rotatable bonds is 4. The summed E-state index contributed by atoms with van der Waals surface area (Å²) in [4.78, 5) is 2.46. The second-order valence-electron chi connectivity index (χ2n) is 6.64. The van der Waals surface area contributed by atoms with E-state index in [1.54, 1.807) is 7.11 Å². The van der Waals surface area contributed by atoms with Crippen molar-refractivity contribution >= 4 is 0 Å². The average Bonchev–Trinajstić information content (AvgIpc) is 2.88. The van der Waals surface area contributed by atoms with Gasteiger partial charge in [0.15, 0.2) is 0 Å². The number of likely N-dealkylation sites (tertiary alicyclic amines) is 1. The van der Waals surface area contributed by atoms with Crippen molar-refractivity contribution in [3.63, 3.8) is 0 Å². The quantitative estimate of drug-likeness (QED) is 0.942. The molecule has 1 heterocycles. The molecule has 0 amide bonds. The summed E-state index contributed by atoms with van der Waals surface area (Å²) in [5, 5.41) is 0. The summed E-state index contributed by atoms with van der Waals surface area (Å²) >= 11 is 0. The maximum atomic E-state index is 6.40. The highest BCUT2D eigenvalue weighted by Gasteiger charge is 2.31. The Morgan fingerprint density at radius 3 is 2.35 bits per heavy atom. The molecule has 3 heteroatoms. The first-order valence-corrected chi connectivity index (χ1v) is 8.25. The van der Waals surface area contributed by atoms with Crippen LogP contribution in [0.25, 0.3) is 0 Å². The van der Waals surface area contributed by atoms with Gasteiger partial charge in [-0.3, -0.25) is 4.90 Å². The number of ether oxygens (including phenoxy) is 1.